The van der Waals surface area contributed by atoms with Crippen LogP contribution in [0.5, 0.6) is 0 Å². The van der Waals surface area contributed by atoms with Crippen LogP contribution >= 0.6 is 0 Å². The van der Waals surface area contributed by atoms with Crippen molar-refractivity contribution in [2.24, 2.45) is 5.73 Å². The number of carboxylic acid groups (broad SMARTS) is 1. The van der Waals surface area contributed by atoms with E-state index in [4.69, 9.17) is 5.73 Å². The van der Waals surface area contributed by atoms with Crippen LogP contribution < -0.4 is 11.1 Å². The average molecular weight is 416 g/mol. The first kappa shape index (κ1) is 21.8. The monoisotopic (exact) mass is 416 g/mol. The lowest BCUT2D eigenvalue weighted by atomic mass is 10.0. The number of rotatable bonds is 7. The maximum atomic E-state index is 13.2. The van der Waals surface area contributed by atoms with Crippen LogP contribution in [0, 0.1) is 0 Å². The lowest BCUT2D eigenvalue weighted by Gasteiger charge is -2.30. The van der Waals surface area contributed by atoms with Gasteiger partial charge in [-0.3, -0.25) is 14.4 Å². The number of likely N-dealkylation sites (tertiary alicyclic amines) is 2. The summed E-state index contributed by atoms with van der Waals surface area (Å²) in [7, 11) is 0. The highest BCUT2D eigenvalue weighted by atomic mass is 16.4. The van der Waals surface area contributed by atoms with Crippen LogP contribution in [0.1, 0.15) is 31.2 Å². The zero-order valence-corrected chi connectivity index (χ0v) is 16.8. The number of nitrogens with zero attached hydrogens (tertiary/aromatic N) is 2. The number of amides is 3. The molecule has 3 amide bonds. The van der Waals surface area contributed by atoms with Gasteiger partial charge in [0.25, 0.3) is 0 Å². The molecular weight excluding hydrogens is 388 g/mol. The molecule has 162 valence electrons. The quantitative estimate of drug-likeness (QED) is 0.561. The van der Waals surface area contributed by atoms with Gasteiger partial charge >= 0.3 is 5.97 Å². The van der Waals surface area contributed by atoms with Gasteiger partial charge in [-0.05, 0) is 31.2 Å². The average Bonchev–Trinajstić information content (AvgIpc) is 3.42. The summed E-state index contributed by atoms with van der Waals surface area (Å²) in [5.41, 5.74) is 6.30. The van der Waals surface area contributed by atoms with Crippen LogP contribution in [0.25, 0.3) is 0 Å². The Hall–Kier alpha value is -2.94. The Labute approximate surface area is 175 Å². The van der Waals surface area contributed by atoms with Gasteiger partial charge in [-0.1, -0.05) is 30.3 Å². The highest BCUT2D eigenvalue weighted by Crippen LogP contribution is 2.21. The fourth-order valence-corrected chi connectivity index (χ4v) is 4.26. The van der Waals surface area contributed by atoms with Crippen molar-refractivity contribution in [2.75, 3.05) is 19.6 Å². The van der Waals surface area contributed by atoms with Crippen molar-refractivity contribution in [3.05, 3.63) is 35.9 Å². The summed E-state index contributed by atoms with van der Waals surface area (Å²) in [6.45, 7) is 0.626. The first-order chi connectivity index (χ1) is 14.4. The Morgan fingerprint density at radius 1 is 1.03 bits per heavy atom. The van der Waals surface area contributed by atoms with Gasteiger partial charge in [0.05, 0.1) is 6.54 Å². The third-order valence-corrected chi connectivity index (χ3v) is 5.77. The second-order valence-corrected chi connectivity index (χ2v) is 7.73. The summed E-state index contributed by atoms with van der Waals surface area (Å²) in [4.78, 5) is 52.6. The molecule has 2 saturated heterocycles. The molecule has 0 saturated carbocycles. The first-order valence-electron chi connectivity index (χ1n) is 10.3. The van der Waals surface area contributed by atoms with E-state index in [-0.39, 0.29) is 18.9 Å². The van der Waals surface area contributed by atoms with Gasteiger partial charge in [0.2, 0.25) is 17.7 Å². The molecule has 3 atom stereocenters. The van der Waals surface area contributed by atoms with E-state index in [1.54, 1.807) is 0 Å². The van der Waals surface area contributed by atoms with E-state index in [2.05, 4.69) is 5.32 Å². The van der Waals surface area contributed by atoms with Crippen molar-refractivity contribution in [1.82, 2.24) is 15.1 Å². The summed E-state index contributed by atoms with van der Waals surface area (Å²) in [6, 6.07) is 6.79. The van der Waals surface area contributed by atoms with E-state index in [0.29, 0.717) is 38.8 Å². The zero-order valence-electron chi connectivity index (χ0n) is 16.8. The first-order valence-corrected chi connectivity index (χ1v) is 10.3. The van der Waals surface area contributed by atoms with Crippen molar-refractivity contribution in [3.63, 3.8) is 0 Å². The smallest absolute Gasteiger partial charge is 0.326 e. The number of aliphatic carboxylic acids is 1. The Balaban J connectivity index is 1.79. The number of hydrogen-bond acceptors (Lipinski definition) is 5. The highest BCUT2D eigenvalue weighted by Gasteiger charge is 2.40. The highest BCUT2D eigenvalue weighted by molar-refractivity contribution is 5.94. The van der Waals surface area contributed by atoms with Gasteiger partial charge < -0.3 is 26.0 Å². The number of hydrogen-bond donors (Lipinski definition) is 3. The number of carbonyl (C=O) groups excluding carboxylic acids is 3. The molecule has 3 rings (SSSR count). The van der Waals surface area contributed by atoms with Crippen molar-refractivity contribution >= 4 is 23.7 Å². The van der Waals surface area contributed by atoms with Gasteiger partial charge in [0.15, 0.2) is 0 Å². The molecule has 9 nitrogen and oxygen atoms in total. The van der Waals surface area contributed by atoms with Crippen molar-refractivity contribution in [3.8, 4) is 0 Å². The second kappa shape index (κ2) is 9.71. The number of nitrogens with one attached hydrogen (secondary N) is 1. The molecule has 0 spiro atoms. The number of nitrogens with two attached hydrogens (primary N) is 1. The molecule has 2 aliphatic rings. The Morgan fingerprint density at radius 3 is 2.30 bits per heavy atom. The summed E-state index contributed by atoms with van der Waals surface area (Å²) in [5, 5.41) is 12.2. The molecule has 30 heavy (non-hydrogen) atoms. The molecule has 0 aliphatic carbocycles. The maximum Gasteiger partial charge on any atom is 0.326 e. The van der Waals surface area contributed by atoms with Gasteiger partial charge in [0, 0.05) is 19.5 Å². The minimum Gasteiger partial charge on any atom is -0.480 e. The van der Waals surface area contributed by atoms with Crippen molar-refractivity contribution in [1.29, 1.82) is 0 Å². The molecular formula is C21H28N4O5. The van der Waals surface area contributed by atoms with Crippen LogP contribution in [0.4, 0.5) is 0 Å². The lowest BCUT2D eigenvalue weighted by molar-refractivity contribution is -0.149. The SMILES string of the molecule is NCC(=O)N1CCCC1C(=O)NC(Cc1ccccc1)C(=O)N1CCCC1C(=O)O. The fourth-order valence-electron chi connectivity index (χ4n) is 4.26. The Kier molecular flexibility index (Phi) is 7.04. The molecule has 0 aromatic heterocycles. The third kappa shape index (κ3) is 4.79. The molecule has 3 unspecified atom stereocenters. The Bertz CT molecular complexity index is 800. The number of carboxylic acids is 1. The van der Waals surface area contributed by atoms with Crippen LogP contribution in [0.15, 0.2) is 30.3 Å². The predicted molar refractivity (Wildman–Crippen MR) is 108 cm³/mol. The van der Waals surface area contributed by atoms with Gasteiger partial charge in [-0.2, -0.15) is 0 Å². The molecule has 4 N–H and O–H groups in total. The summed E-state index contributed by atoms with van der Waals surface area (Å²) in [5.74, 6) is -2.16. The number of carbonyl (C=O) groups is 4. The van der Waals surface area contributed by atoms with E-state index >= 15 is 0 Å². The van der Waals surface area contributed by atoms with E-state index in [1.165, 1.54) is 9.80 Å². The van der Waals surface area contributed by atoms with E-state index < -0.39 is 35.9 Å². The lowest BCUT2D eigenvalue weighted by Crippen LogP contribution is -2.56. The third-order valence-electron chi connectivity index (χ3n) is 5.77. The molecule has 1 aromatic rings. The minimum atomic E-state index is -1.04. The molecule has 2 fully saturated rings. The second-order valence-electron chi connectivity index (χ2n) is 7.73. The normalized spacial score (nSPS) is 22.0. The topological polar surface area (TPSA) is 133 Å². The summed E-state index contributed by atoms with van der Waals surface area (Å²) < 4.78 is 0. The zero-order chi connectivity index (χ0) is 21.7. The molecule has 2 aliphatic heterocycles. The molecule has 0 bridgehead atoms. The predicted octanol–water partition coefficient (Wildman–Crippen LogP) is -0.261. The minimum absolute atomic E-state index is 0.176. The van der Waals surface area contributed by atoms with Gasteiger partial charge in [-0.25, -0.2) is 4.79 Å². The van der Waals surface area contributed by atoms with Crippen LogP contribution in [0.2, 0.25) is 0 Å². The summed E-state index contributed by atoms with van der Waals surface area (Å²) >= 11 is 0. The molecule has 0 radical (unpaired) electrons. The van der Waals surface area contributed by atoms with Crippen LogP contribution in [0.3, 0.4) is 0 Å². The maximum absolute atomic E-state index is 13.2. The largest absolute Gasteiger partial charge is 0.480 e. The van der Waals surface area contributed by atoms with Crippen LogP contribution in [-0.2, 0) is 25.6 Å². The van der Waals surface area contributed by atoms with E-state index in [9.17, 15) is 24.3 Å². The van der Waals surface area contributed by atoms with Gasteiger partial charge in [-0.15, -0.1) is 0 Å². The summed E-state index contributed by atoms with van der Waals surface area (Å²) in [6.07, 6.45) is 2.44. The van der Waals surface area contributed by atoms with E-state index in [0.717, 1.165) is 5.56 Å². The van der Waals surface area contributed by atoms with Gasteiger partial charge in [0.1, 0.15) is 18.1 Å². The Morgan fingerprint density at radius 2 is 1.67 bits per heavy atom. The fraction of sp³-hybridized carbons (Fsp3) is 0.524. The standard InChI is InChI=1S/C21H28N4O5/c22-13-18(26)24-10-4-8-16(24)19(27)23-15(12-14-6-2-1-3-7-14)20(28)25-11-5-9-17(25)21(29)30/h1-3,6-7,15-17H,4-5,8-13,22H2,(H,23,27)(H,29,30). The number of benzene rings is 1. The molecule has 9 heteroatoms. The van der Waals surface area contributed by atoms with Crippen molar-refractivity contribution < 1.29 is 24.3 Å². The van der Waals surface area contributed by atoms with E-state index in [1.807, 2.05) is 30.3 Å². The molecule has 1 aromatic carbocycles. The van der Waals surface area contributed by atoms with Crippen LogP contribution in [-0.4, -0.2) is 76.4 Å². The molecule has 2 heterocycles. The van der Waals surface area contributed by atoms with Crippen molar-refractivity contribution in [2.45, 2.75) is 50.2 Å².